The standard InChI is InChI=1S/C22H26BrNO3/c1-14-10-15(2)12-16(11-14)21(18-13-17(23)7-8-20(18)27-3)24-9-5-4-6-19(24)22(25)26/h7-8,10-13,19,21H,4-6,9H2,1-3H3,(H,25,26). The number of piperidine rings is 1. The highest BCUT2D eigenvalue weighted by Crippen LogP contribution is 2.40. The number of ether oxygens (including phenoxy) is 1. The Kier molecular flexibility index (Phi) is 6.22. The Morgan fingerprint density at radius 2 is 1.89 bits per heavy atom. The van der Waals surface area contributed by atoms with Crippen LogP contribution in [0.5, 0.6) is 5.75 Å². The van der Waals surface area contributed by atoms with Gasteiger partial charge >= 0.3 is 5.97 Å². The number of hydrogen-bond acceptors (Lipinski definition) is 3. The number of aliphatic carboxylic acids is 1. The predicted molar refractivity (Wildman–Crippen MR) is 110 cm³/mol. The quantitative estimate of drug-likeness (QED) is 0.714. The summed E-state index contributed by atoms with van der Waals surface area (Å²) in [4.78, 5) is 14.1. The van der Waals surface area contributed by atoms with Crippen molar-refractivity contribution in [1.82, 2.24) is 4.90 Å². The van der Waals surface area contributed by atoms with Crippen LogP contribution in [0, 0.1) is 13.8 Å². The van der Waals surface area contributed by atoms with Crippen LogP contribution in [0.25, 0.3) is 0 Å². The largest absolute Gasteiger partial charge is 0.496 e. The Bertz CT molecular complexity index is 816. The molecule has 1 heterocycles. The van der Waals surface area contributed by atoms with E-state index in [1.165, 1.54) is 11.1 Å². The van der Waals surface area contributed by atoms with Gasteiger partial charge in [-0.15, -0.1) is 0 Å². The van der Waals surface area contributed by atoms with Crippen LogP contribution in [0.3, 0.4) is 0 Å². The zero-order valence-electron chi connectivity index (χ0n) is 16.0. The smallest absolute Gasteiger partial charge is 0.320 e. The Morgan fingerprint density at radius 3 is 2.52 bits per heavy atom. The normalized spacial score (nSPS) is 18.9. The molecule has 27 heavy (non-hydrogen) atoms. The molecular formula is C22H26BrNO3. The molecule has 2 aromatic carbocycles. The number of carboxylic acids is 1. The molecule has 1 aliphatic rings. The second-order valence-corrected chi connectivity index (χ2v) is 8.21. The van der Waals surface area contributed by atoms with E-state index in [1.54, 1.807) is 7.11 Å². The van der Waals surface area contributed by atoms with Crippen molar-refractivity contribution in [2.75, 3.05) is 13.7 Å². The van der Waals surface area contributed by atoms with Crippen molar-refractivity contribution in [3.05, 3.63) is 63.1 Å². The van der Waals surface area contributed by atoms with Crippen LogP contribution in [0.1, 0.15) is 47.6 Å². The summed E-state index contributed by atoms with van der Waals surface area (Å²) in [5, 5.41) is 9.86. The first-order chi connectivity index (χ1) is 12.9. The number of aryl methyl sites for hydroxylation is 2. The molecule has 5 heteroatoms. The molecule has 0 aromatic heterocycles. The first-order valence-electron chi connectivity index (χ1n) is 9.31. The van der Waals surface area contributed by atoms with Crippen molar-refractivity contribution in [1.29, 1.82) is 0 Å². The van der Waals surface area contributed by atoms with Crippen LogP contribution >= 0.6 is 15.9 Å². The van der Waals surface area contributed by atoms with Gasteiger partial charge in [-0.1, -0.05) is 51.7 Å². The molecule has 0 amide bonds. The number of rotatable bonds is 5. The van der Waals surface area contributed by atoms with E-state index in [0.717, 1.165) is 40.7 Å². The Hall–Kier alpha value is -1.85. The Balaban J connectivity index is 2.20. The lowest BCUT2D eigenvalue weighted by Gasteiger charge is -2.40. The lowest BCUT2D eigenvalue weighted by atomic mass is 9.89. The fourth-order valence-electron chi connectivity index (χ4n) is 4.16. The van der Waals surface area contributed by atoms with E-state index >= 15 is 0 Å². The summed E-state index contributed by atoms with van der Waals surface area (Å²) >= 11 is 3.57. The van der Waals surface area contributed by atoms with Crippen molar-refractivity contribution >= 4 is 21.9 Å². The highest BCUT2D eigenvalue weighted by Gasteiger charge is 2.36. The number of halogens is 1. The van der Waals surface area contributed by atoms with Crippen LogP contribution in [0.2, 0.25) is 0 Å². The van der Waals surface area contributed by atoms with Gasteiger partial charge in [0, 0.05) is 10.0 Å². The maximum absolute atomic E-state index is 12.0. The molecular weight excluding hydrogens is 406 g/mol. The lowest BCUT2D eigenvalue weighted by molar-refractivity contribution is -0.145. The molecule has 2 aromatic rings. The average Bonchev–Trinajstić information content (AvgIpc) is 2.62. The molecule has 3 rings (SSSR count). The number of likely N-dealkylation sites (tertiary alicyclic amines) is 1. The lowest BCUT2D eigenvalue weighted by Crippen LogP contribution is -2.47. The number of carboxylic acid groups (broad SMARTS) is 1. The molecule has 1 N–H and O–H groups in total. The zero-order valence-corrected chi connectivity index (χ0v) is 17.6. The summed E-state index contributed by atoms with van der Waals surface area (Å²) in [7, 11) is 1.66. The summed E-state index contributed by atoms with van der Waals surface area (Å²) in [6, 6.07) is 11.7. The van der Waals surface area contributed by atoms with E-state index in [4.69, 9.17) is 4.74 Å². The van der Waals surface area contributed by atoms with Gasteiger partial charge in [-0.2, -0.15) is 0 Å². The molecule has 2 atom stereocenters. The Morgan fingerprint density at radius 1 is 1.19 bits per heavy atom. The highest BCUT2D eigenvalue weighted by molar-refractivity contribution is 9.10. The van der Waals surface area contributed by atoms with E-state index in [-0.39, 0.29) is 6.04 Å². The molecule has 0 spiro atoms. The van der Waals surface area contributed by atoms with Crippen molar-refractivity contribution < 1.29 is 14.6 Å². The summed E-state index contributed by atoms with van der Waals surface area (Å²) in [5.41, 5.74) is 4.45. The molecule has 0 bridgehead atoms. The minimum absolute atomic E-state index is 0.169. The maximum atomic E-state index is 12.0. The maximum Gasteiger partial charge on any atom is 0.320 e. The monoisotopic (exact) mass is 431 g/mol. The fourth-order valence-corrected chi connectivity index (χ4v) is 4.54. The molecule has 1 fully saturated rings. The van der Waals surface area contributed by atoms with Crippen LogP contribution < -0.4 is 4.74 Å². The third-order valence-corrected chi connectivity index (χ3v) is 5.70. The second-order valence-electron chi connectivity index (χ2n) is 7.30. The van der Waals surface area contributed by atoms with Gasteiger partial charge in [-0.3, -0.25) is 9.69 Å². The number of benzene rings is 2. The molecule has 144 valence electrons. The molecule has 1 aliphatic heterocycles. The first-order valence-corrected chi connectivity index (χ1v) is 10.1. The van der Waals surface area contributed by atoms with Crippen molar-refractivity contribution in [3.8, 4) is 5.75 Å². The van der Waals surface area contributed by atoms with Crippen LogP contribution in [0.4, 0.5) is 0 Å². The molecule has 2 unspecified atom stereocenters. The van der Waals surface area contributed by atoms with E-state index in [2.05, 4.69) is 58.9 Å². The molecule has 0 aliphatic carbocycles. The number of hydrogen-bond donors (Lipinski definition) is 1. The van der Waals surface area contributed by atoms with Crippen LogP contribution in [-0.4, -0.2) is 35.7 Å². The van der Waals surface area contributed by atoms with Crippen molar-refractivity contribution in [3.63, 3.8) is 0 Å². The van der Waals surface area contributed by atoms with Crippen LogP contribution in [0.15, 0.2) is 40.9 Å². The SMILES string of the molecule is COc1ccc(Br)cc1C(c1cc(C)cc(C)c1)N1CCCCC1C(=O)O. The minimum Gasteiger partial charge on any atom is -0.496 e. The predicted octanol–water partition coefficient (Wildman–Crippen LogP) is 5.10. The zero-order chi connectivity index (χ0) is 19.6. The molecule has 0 radical (unpaired) electrons. The topological polar surface area (TPSA) is 49.8 Å². The van der Waals surface area contributed by atoms with E-state index in [0.29, 0.717) is 6.42 Å². The van der Waals surface area contributed by atoms with Gasteiger partial charge in [0.25, 0.3) is 0 Å². The highest BCUT2D eigenvalue weighted by atomic mass is 79.9. The van der Waals surface area contributed by atoms with Gasteiger partial charge in [0.1, 0.15) is 11.8 Å². The molecule has 1 saturated heterocycles. The van der Waals surface area contributed by atoms with Gasteiger partial charge in [-0.25, -0.2) is 0 Å². The summed E-state index contributed by atoms with van der Waals surface area (Å²) in [6.07, 6.45) is 2.62. The van der Waals surface area contributed by atoms with Gasteiger partial charge < -0.3 is 9.84 Å². The summed E-state index contributed by atoms with van der Waals surface area (Å²) in [6.45, 7) is 4.91. The molecule has 0 saturated carbocycles. The van der Waals surface area contributed by atoms with Crippen molar-refractivity contribution in [2.45, 2.75) is 45.2 Å². The number of carbonyl (C=O) groups is 1. The summed E-state index contributed by atoms with van der Waals surface area (Å²) < 4.78 is 6.61. The average molecular weight is 432 g/mol. The summed E-state index contributed by atoms with van der Waals surface area (Å²) in [5.74, 6) is 0.0233. The fraction of sp³-hybridized carbons (Fsp3) is 0.409. The number of methoxy groups -OCH3 is 1. The van der Waals surface area contributed by atoms with Crippen LogP contribution in [-0.2, 0) is 4.79 Å². The van der Waals surface area contributed by atoms with Gasteiger partial charge in [0.15, 0.2) is 0 Å². The van der Waals surface area contributed by atoms with Gasteiger partial charge in [0.2, 0.25) is 0 Å². The van der Waals surface area contributed by atoms with Gasteiger partial charge in [-0.05, 0) is 57.0 Å². The van der Waals surface area contributed by atoms with Crippen molar-refractivity contribution in [2.24, 2.45) is 0 Å². The number of nitrogens with zero attached hydrogens (tertiary/aromatic N) is 1. The first kappa shape index (κ1) is 19.9. The van der Waals surface area contributed by atoms with E-state index < -0.39 is 12.0 Å². The van der Waals surface area contributed by atoms with Gasteiger partial charge in [0.05, 0.1) is 13.2 Å². The third kappa shape index (κ3) is 4.36. The minimum atomic E-state index is -0.752. The molecule has 4 nitrogen and oxygen atoms in total. The Labute approximate surface area is 169 Å². The second kappa shape index (κ2) is 8.44. The van der Waals surface area contributed by atoms with E-state index in [1.807, 2.05) is 12.1 Å². The van der Waals surface area contributed by atoms with E-state index in [9.17, 15) is 9.90 Å². The third-order valence-electron chi connectivity index (χ3n) is 5.21.